The van der Waals surface area contributed by atoms with Crippen LogP contribution < -0.4 is 0 Å². The van der Waals surface area contributed by atoms with Crippen LogP contribution in [-0.2, 0) is 4.74 Å². The Kier molecular flexibility index (Phi) is 1.77. The Morgan fingerprint density at radius 3 is 2.50 bits per heavy atom. The zero-order valence-corrected chi connectivity index (χ0v) is 7.69. The molecule has 0 amide bonds. The number of ether oxygens (including phenoxy) is 1. The molecule has 1 aliphatic heterocycles. The lowest BCUT2D eigenvalue weighted by Gasteiger charge is -2.45. The van der Waals surface area contributed by atoms with Gasteiger partial charge in [-0.25, -0.2) is 0 Å². The summed E-state index contributed by atoms with van der Waals surface area (Å²) in [5.74, 6) is 0. The third-order valence-electron chi connectivity index (χ3n) is 2.75. The fraction of sp³-hybridized carbons (Fsp3) is 1.00. The summed E-state index contributed by atoms with van der Waals surface area (Å²) in [5, 5.41) is 0. The Balaban J connectivity index is 1.90. The van der Waals surface area contributed by atoms with Gasteiger partial charge in [-0.2, -0.15) is 0 Å². The average Bonchev–Trinajstić information content (AvgIpc) is 1.86. The van der Waals surface area contributed by atoms with Gasteiger partial charge >= 0.3 is 0 Å². The lowest BCUT2D eigenvalue weighted by atomic mass is 9.75. The highest BCUT2D eigenvalue weighted by atomic mass is 79.9. The van der Waals surface area contributed by atoms with E-state index in [1.165, 1.54) is 32.1 Å². The highest BCUT2D eigenvalue weighted by molar-refractivity contribution is 9.09. The van der Waals surface area contributed by atoms with Crippen LogP contribution in [0.3, 0.4) is 0 Å². The van der Waals surface area contributed by atoms with E-state index >= 15 is 0 Å². The van der Waals surface area contributed by atoms with E-state index in [4.69, 9.17) is 4.74 Å². The molecule has 0 N–H and O–H groups in total. The molecular formula is C8H13BrO. The maximum atomic E-state index is 5.77. The molecule has 1 saturated carbocycles. The van der Waals surface area contributed by atoms with Crippen molar-refractivity contribution in [1.29, 1.82) is 0 Å². The molecule has 2 aliphatic rings. The first-order valence-corrected chi connectivity index (χ1v) is 5.00. The third kappa shape index (κ3) is 1.12. The smallest absolute Gasteiger partial charge is 0.0683 e. The molecule has 1 nitrogen and oxygen atoms in total. The zero-order chi connectivity index (χ0) is 7.03. The Morgan fingerprint density at radius 1 is 1.30 bits per heavy atom. The minimum Gasteiger partial charge on any atom is -0.374 e. The van der Waals surface area contributed by atoms with Crippen LogP contribution in [0.15, 0.2) is 0 Å². The minimum absolute atomic E-state index is 0.351. The van der Waals surface area contributed by atoms with Crippen LogP contribution in [0, 0.1) is 0 Å². The van der Waals surface area contributed by atoms with Gasteiger partial charge in [0, 0.05) is 4.83 Å². The molecule has 0 aromatic heterocycles. The number of rotatable bonds is 0. The van der Waals surface area contributed by atoms with Gasteiger partial charge < -0.3 is 4.74 Å². The molecule has 10 heavy (non-hydrogen) atoms. The van der Waals surface area contributed by atoms with Gasteiger partial charge in [0.1, 0.15) is 0 Å². The highest BCUT2D eigenvalue weighted by Gasteiger charge is 2.40. The summed E-state index contributed by atoms with van der Waals surface area (Å²) in [4.78, 5) is 0.624. The van der Waals surface area contributed by atoms with Crippen LogP contribution in [0.5, 0.6) is 0 Å². The SMILES string of the molecule is BrC1CCC2(CCC2)OC1. The molecule has 1 aliphatic carbocycles. The van der Waals surface area contributed by atoms with Gasteiger partial charge in [-0.1, -0.05) is 15.9 Å². The molecule has 58 valence electrons. The van der Waals surface area contributed by atoms with E-state index in [1.54, 1.807) is 0 Å². The molecule has 0 aromatic rings. The van der Waals surface area contributed by atoms with Crippen molar-refractivity contribution in [2.24, 2.45) is 0 Å². The molecule has 2 heteroatoms. The molecular weight excluding hydrogens is 192 g/mol. The Bertz CT molecular complexity index is 121. The first kappa shape index (κ1) is 7.11. The Hall–Kier alpha value is 0.440. The summed E-state index contributed by atoms with van der Waals surface area (Å²) < 4.78 is 5.77. The van der Waals surface area contributed by atoms with Crippen molar-refractivity contribution >= 4 is 15.9 Å². The summed E-state index contributed by atoms with van der Waals surface area (Å²) in [7, 11) is 0. The van der Waals surface area contributed by atoms with Crippen molar-refractivity contribution in [2.75, 3.05) is 6.61 Å². The van der Waals surface area contributed by atoms with Gasteiger partial charge in [0.2, 0.25) is 0 Å². The van der Waals surface area contributed by atoms with Crippen LogP contribution in [0.25, 0.3) is 0 Å². The molecule has 2 fully saturated rings. The maximum Gasteiger partial charge on any atom is 0.0683 e. The molecule has 1 heterocycles. The summed E-state index contributed by atoms with van der Waals surface area (Å²) >= 11 is 3.57. The number of hydrogen-bond acceptors (Lipinski definition) is 1. The third-order valence-corrected chi connectivity index (χ3v) is 3.47. The molecule has 1 saturated heterocycles. The number of alkyl halides is 1. The van der Waals surface area contributed by atoms with Gasteiger partial charge in [0.05, 0.1) is 12.2 Å². The summed E-state index contributed by atoms with van der Waals surface area (Å²) in [5.41, 5.74) is 0.351. The maximum absolute atomic E-state index is 5.77. The summed E-state index contributed by atoms with van der Waals surface area (Å²) in [6.45, 7) is 0.931. The fourth-order valence-electron chi connectivity index (χ4n) is 1.81. The van der Waals surface area contributed by atoms with E-state index in [0.29, 0.717) is 10.4 Å². The van der Waals surface area contributed by atoms with Gasteiger partial charge in [-0.05, 0) is 32.1 Å². The van der Waals surface area contributed by atoms with Gasteiger partial charge in [-0.15, -0.1) is 0 Å². The van der Waals surface area contributed by atoms with E-state index in [0.717, 1.165) is 6.61 Å². The van der Waals surface area contributed by atoms with E-state index in [2.05, 4.69) is 15.9 Å². The molecule has 0 radical (unpaired) electrons. The standard InChI is InChI=1S/C8H13BrO/c9-7-2-5-8(10-6-7)3-1-4-8/h7H,1-6H2. The fourth-order valence-corrected chi connectivity index (χ4v) is 2.17. The van der Waals surface area contributed by atoms with Crippen LogP contribution >= 0.6 is 15.9 Å². The predicted octanol–water partition coefficient (Wildman–Crippen LogP) is 2.48. The predicted molar refractivity (Wildman–Crippen MR) is 44.5 cm³/mol. The zero-order valence-electron chi connectivity index (χ0n) is 6.11. The molecule has 1 atom stereocenters. The van der Waals surface area contributed by atoms with Crippen LogP contribution in [0.1, 0.15) is 32.1 Å². The largest absolute Gasteiger partial charge is 0.374 e. The Labute approximate surface area is 70.3 Å². The lowest BCUT2D eigenvalue weighted by Crippen LogP contribution is -2.45. The molecule has 0 bridgehead atoms. The molecule has 2 rings (SSSR count). The molecule has 1 spiro atoms. The summed E-state index contributed by atoms with van der Waals surface area (Å²) in [6, 6.07) is 0. The molecule has 1 unspecified atom stereocenters. The minimum atomic E-state index is 0.351. The van der Waals surface area contributed by atoms with Crippen LogP contribution in [-0.4, -0.2) is 17.0 Å². The van der Waals surface area contributed by atoms with Crippen molar-refractivity contribution < 1.29 is 4.74 Å². The highest BCUT2D eigenvalue weighted by Crippen LogP contribution is 2.43. The van der Waals surface area contributed by atoms with Crippen LogP contribution in [0.4, 0.5) is 0 Å². The van der Waals surface area contributed by atoms with E-state index < -0.39 is 0 Å². The van der Waals surface area contributed by atoms with E-state index in [9.17, 15) is 0 Å². The van der Waals surface area contributed by atoms with Gasteiger partial charge in [-0.3, -0.25) is 0 Å². The van der Waals surface area contributed by atoms with Gasteiger partial charge in [0.15, 0.2) is 0 Å². The number of hydrogen-bond donors (Lipinski definition) is 0. The normalized spacial score (nSPS) is 37.5. The summed E-state index contributed by atoms with van der Waals surface area (Å²) in [6.07, 6.45) is 6.59. The second-order valence-corrected chi connectivity index (χ2v) is 4.78. The molecule has 0 aromatic carbocycles. The van der Waals surface area contributed by atoms with E-state index in [1.807, 2.05) is 0 Å². The first-order chi connectivity index (χ1) is 4.81. The Morgan fingerprint density at radius 2 is 2.10 bits per heavy atom. The monoisotopic (exact) mass is 204 g/mol. The quantitative estimate of drug-likeness (QED) is 0.552. The second-order valence-electron chi connectivity index (χ2n) is 3.48. The topological polar surface area (TPSA) is 9.23 Å². The van der Waals surface area contributed by atoms with Gasteiger partial charge in [0.25, 0.3) is 0 Å². The number of halogens is 1. The first-order valence-electron chi connectivity index (χ1n) is 4.09. The van der Waals surface area contributed by atoms with Crippen molar-refractivity contribution in [3.05, 3.63) is 0 Å². The van der Waals surface area contributed by atoms with Crippen LogP contribution in [0.2, 0.25) is 0 Å². The van der Waals surface area contributed by atoms with Crippen molar-refractivity contribution in [3.8, 4) is 0 Å². The van der Waals surface area contributed by atoms with Crippen molar-refractivity contribution in [2.45, 2.75) is 42.5 Å². The lowest BCUT2D eigenvalue weighted by molar-refractivity contribution is -0.124. The van der Waals surface area contributed by atoms with Crippen molar-refractivity contribution in [3.63, 3.8) is 0 Å². The second kappa shape index (κ2) is 2.49. The van der Waals surface area contributed by atoms with Crippen molar-refractivity contribution in [1.82, 2.24) is 0 Å². The van der Waals surface area contributed by atoms with E-state index in [-0.39, 0.29) is 0 Å². The average molecular weight is 205 g/mol.